The molecule has 1 fully saturated rings. The van der Waals surface area contributed by atoms with Gasteiger partial charge >= 0.3 is 93.8 Å². The number of nitrogens with one attached hydrogen (secondary N) is 1. The summed E-state index contributed by atoms with van der Waals surface area (Å²) in [6.07, 6.45) is 1.22. The van der Waals surface area contributed by atoms with Gasteiger partial charge in [0.25, 0.3) is 0 Å². The molecule has 1 saturated heterocycles. The van der Waals surface area contributed by atoms with Gasteiger partial charge in [0.1, 0.15) is 0 Å². The van der Waals surface area contributed by atoms with E-state index in [-0.39, 0.29) is 5.82 Å². The Morgan fingerprint density at radius 1 is 1.40 bits per heavy atom. The third-order valence-electron chi connectivity index (χ3n) is 3.07. The first-order valence-electron chi connectivity index (χ1n) is 5.22. The van der Waals surface area contributed by atoms with Crippen molar-refractivity contribution in [1.82, 2.24) is 5.32 Å². The summed E-state index contributed by atoms with van der Waals surface area (Å²) >= 11 is 0.343. The van der Waals surface area contributed by atoms with Gasteiger partial charge in [-0.3, -0.25) is 0 Å². The zero-order valence-corrected chi connectivity index (χ0v) is 10.0. The first-order chi connectivity index (χ1) is 7.34. The molecule has 15 heavy (non-hydrogen) atoms. The fraction of sp³-hybridized carbons (Fsp3) is 0.333. The second-order valence-electron chi connectivity index (χ2n) is 4.02. The predicted molar refractivity (Wildman–Crippen MR) is 61.1 cm³/mol. The molecule has 78 valence electrons. The topological polar surface area (TPSA) is 12.0 Å². The number of benzene rings is 1. The van der Waals surface area contributed by atoms with Crippen LogP contribution in [0.3, 0.4) is 0 Å². The standard InChI is InChI=1S/C12H12FNSe/c13-9-1-2-10-11(7-15-12(10)5-9)8-3-4-14-6-8/h1-2,5,7-8,14H,3-4,6H2/t8-/m0/s1. The molecule has 0 spiro atoms. The first-order valence-corrected chi connectivity index (χ1v) is 7.06. The molecule has 1 aliphatic rings. The van der Waals surface area contributed by atoms with Crippen molar-refractivity contribution in [1.29, 1.82) is 0 Å². The van der Waals surface area contributed by atoms with E-state index >= 15 is 0 Å². The molecule has 0 amide bonds. The fourth-order valence-corrected chi connectivity index (χ4v) is 4.50. The summed E-state index contributed by atoms with van der Waals surface area (Å²) in [5.74, 6) is 0.549. The minimum atomic E-state index is -0.102. The summed E-state index contributed by atoms with van der Waals surface area (Å²) in [7, 11) is 0. The molecule has 3 heteroatoms. The predicted octanol–water partition coefficient (Wildman–Crippen LogP) is 2.11. The van der Waals surface area contributed by atoms with Gasteiger partial charge in [-0.2, -0.15) is 0 Å². The number of rotatable bonds is 1. The van der Waals surface area contributed by atoms with Crippen LogP contribution in [0.2, 0.25) is 0 Å². The van der Waals surface area contributed by atoms with E-state index < -0.39 is 0 Å². The summed E-state index contributed by atoms with van der Waals surface area (Å²) in [5, 5.41) is 4.68. The molecule has 0 unspecified atom stereocenters. The second-order valence-corrected chi connectivity index (χ2v) is 5.93. The van der Waals surface area contributed by atoms with E-state index in [9.17, 15) is 4.39 Å². The van der Waals surface area contributed by atoms with Crippen LogP contribution in [-0.4, -0.2) is 27.6 Å². The average Bonchev–Trinajstić information content (AvgIpc) is 2.82. The molecule has 0 radical (unpaired) electrons. The molecule has 1 aromatic carbocycles. The molecular formula is C12H12FNSe. The monoisotopic (exact) mass is 269 g/mol. The molecule has 2 aromatic rings. The van der Waals surface area contributed by atoms with Crippen LogP contribution in [0.25, 0.3) is 9.65 Å². The molecule has 0 aliphatic carbocycles. The summed E-state index contributed by atoms with van der Waals surface area (Å²) < 4.78 is 14.3. The maximum atomic E-state index is 13.0. The van der Waals surface area contributed by atoms with Gasteiger partial charge in [-0.1, -0.05) is 0 Å². The Kier molecular flexibility index (Phi) is 2.39. The van der Waals surface area contributed by atoms with Crippen LogP contribution >= 0.6 is 0 Å². The SMILES string of the molecule is Fc1ccc2c([C@H]3CCNC3)c[se]c2c1. The van der Waals surface area contributed by atoms with Gasteiger partial charge in [-0.15, -0.1) is 0 Å². The van der Waals surface area contributed by atoms with Crippen molar-refractivity contribution >= 4 is 24.1 Å². The Balaban J connectivity index is 2.11. The molecule has 0 bridgehead atoms. The number of hydrogen-bond acceptors (Lipinski definition) is 1. The Morgan fingerprint density at radius 3 is 3.13 bits per heavy atom. The van der Waals surface area contributed by atoms with Gasteiger partial charge in [0, 0.05) is 0 Å². The van der Waals surface area contributed by atoms with Crippen molar-refractivity contribution in [2.24, 2.45) is 0 Å². The molecule has 1 atom stereocenters. The minimum absolute atomic E-state index is 0.102. The van der Waals surface area contributed by atoms with Gasteiger partial charge in [-0.05, 0) is 0 Å². The maximum absolute atomic E-state index is 13.0. The van der Waals surface area contributed by atoms with Crippen LogP contribution in [0.5, 0.6) is 0 Å². The van der Waals surface area contributed by atoms with Crippen LogP contribution in [0.1, 0.15) is 17.9 Å². The quantitative estimate of drug-likeness (QED) is 0.781. The molecule has 1 N–H and O–H groups in total. The van der Waals surface area contributed by atoms with Crippen molar-refractivity contribution < 1.29 is 4.39 Å². The molecular weight excluding hydrogens is 256 g/mol. The van der Waals surface area contributed by atoms with Gasteiger partial charge in [-0.25, -0.2) is 0 Å². The van der Waals surface area contributed by atoms with E-state index in [2.05, 4.69) is 10.3 Å². The van der Waals surface area contributed by atoms with Crippen LogP contribution < -0.4 is 5.32 Å². The zero-order chi connectivity index (χ0) is 10.3. The van der Waals surface area contributed by atoms with Crippen LogP contribution in [0.4, 0.5) is 4.39 Å². The Bertz CT molecular complexity index is 485. The van der Waals surface area contributed by atoms with Crippen LogP contribution in [-0.2, 0) is 0 Å². The molecule has 2 heterocycles. The van der Waals surface area contributed by atoms with Crippen LogP contribution in [0, 0.1) is 5.82 Å². The van der Waals surface area contributed by atoms with E-state index in [1.54, 1.807) is 12.1 Å². The second kappa shape index (κ2) is 3.75. The van der Waals surface area contributed by atoms with Crippen molar-refractivity contribution in [2.75, 3.05) is 13.1 Å². The van der Waals surface area contributed by atoms with E-state index in [0.29, 0.717) is 20.4 Å². The van der Waals surface area contributed by atoms with Crippen molar-refractivity contribution in [2.45, 2.75) is 12.3 Å². The van der Waals surface area contributed by atoms with E-state index in [0.717, 1.165) is 13.1 Å². The summed E-state index contributed by atoms with van der Waals surface area (Å²) in [6, 6.07) is 5.22. The van der Waals surface area contributed by atoms with Crippen LogP contribution in [0.15, 0.2) is 23.1 Å². The van der Waals surface area contributed by atoms with Gasteiger partial charge in [0.15, 0.2) is 0 Å². The number of fused-ring (bicyclic) bond motifs is 1. The van der Waals surface area contributed by atoms with Gasteiger partial charge in [0.05, 0.1) is 0 Å². The first kappa shape index (κ1) is 9.59. The molecule has 3 rings (SSSR count). The zero-order valence-electron chi connectivity index (χ0n) is 8.29. The van der Waals surface area contributed by atoms with Crippen molar-refractivity contribution in [3.63, 3.8) is 0 Å². The average molecular weight is 268 g/mol. The third-order valence-corrected chi connectivity index (χ3v) is 5.09. The molecule has 0 saturated carbocycles. The third kappa shape index (κ3) is 1.65. The Hall–Kier alpha value is -0.631. The molecule has 1 nitrogen and oxygen atoms in total. The van der Waals surface area contributed by atoms with E-state index in [4.69, 9.17) is 0 Å². The van der Waals surface area contributed by atoms with Crippen molar-refractivity contribution in [3.05, 3.63) is 34.5 Å². The Morgan fingerprint density at radius 2 is 2.33 bits per heavy atom. The van der Waals surface area contributed by atoms with E-state index in [1.807, 2.05) is 6.07 Å². The van der Waals surface area contributed by atoms with Gasteiger partial charge < -0.3 is 0 Å². The summed E-state index contributed by atoms with van der Waals surface area (Å²) in [6.45, 7) is 2.20. The normalized spacial score (nSPS) is 21.3. The number of halogens is 1. The molecule has 1 aliphatic heterocycles. The summed E-state index contributed by atoms with van der Waals surface area (Å²) in [5.41, 5.74) is 1.45. The summed E-state index contributed by atoms with van der Waals surface area (Å²) in [4.78, 5) is 2.33. The Labute approximate surface area is 94.0 Å². The molecule has 1 aromatic heterocycles. The van der Waals surface area contributed by atoms with Gasteiger partial charge in [0.2, 0.25) is 0 Å². The fourth-order valence-electron chi connectivity index (χ4n) is 2.26. The van der Waals surface area contributed by atoms with E-state index in [1.165, 1.54) is 21.6 Å². The van der Waals surface area contributed by atoms with Crippen molar-refractivity contribution in [3.8, 4) is 0 Å². The number of hydrogen-bond donors (Lipinski definition) is 1.